The van der Waals surface area contributed by atoms with Crippen LogP contribution in [0.1, 0.15) is 0 Å². The summed E-state index contributed by atoms with van der Waals surface area (Å²) < 4.78 is 43.1. The van der Waals surface area contributed by atoms with Gasteiger partial charge < -0.3 is 9.42 Å². The molecule has 0 aliphatic carbocycles. The summed E-state index contributed by atoms with van der Waals surface area (Å²) in [6.45, 7) is 0. The molecule has 2 rings (SSSR count). The fourth-order valence-electron chi connectivity index (χ4n) is 2.06. The van der Waals surface area contributed by atoms with Crippen LogP contribution in [0, 0.1) is 30.3 Å². The number of rotatable bonds is 9. The molecule has 0 aliphatic heterocycles. The van der Waals surface area contributed by atoms with Gasteiger partial charge in [-0.2, -0.15) is 4.72 Å². The van der Waals surface area contributed by atoms with Crippen molar-refractivity contribution in [2.24, 2.45) is 0 Å². The van der Waals surface area contributed by atoms with E-state index in [1.54, 1.807) is 4.72 Å². The van der Waals surface area contributed by atoms with Gasteiger partial charge >= 0.3 is 37.2 Å². The number of hydrogen-bond donors (Lipinski definition) is 2. The summed E-state index contributed by atoms with van der Waals surface area (Å²) >= 11 is 0. The molecule has 0 fully saturated rings. The van der Waals surface area contributed by atoms with Gasteiger partial charge in [0, 0.05) is 18.2 Å². The summed E-state index contributed by atoms with van der Waals surface area (Å²) in [4.78, 5) is 38.4. The zero-order valence-electron chi connectivity index (χ0n) is 14.5. The molecule has 2 aromatic carbocycles. The third-order valence-electron chi connectivity index (χ3n) is 3.39. The van der Waals surface area contributed by atoms with Gasteiger partial charge in [0.05, 0.1) is 20.8 Å². The second-order valence-corrected chi connectivity index (χ2v) is 8.96. The molecule has 18 heteroatoms. The van der Waals surface area contributed by atoms with Gasteiger partial charge in [-0.3, -0.25) is 30.3 Å². The summed E-state index contributed by atoms with van der Waals surface area (Å²) in [6.07, 6.45) is -1.21. The fraction of sp³-hybridized carbons (Fsp3) is 0.0769. The molecule has 2 N–H and O–H groups in total. The molecule has 15 nitrogen and oxygen atoms in total. The van der Waals surface area contributed by atoms with Gasteiger partial charge in [0.1, 0.15) is 12.0 Å². The molecule has 0 saturated carbocycles. The first-order valence-electron chi connectivity index (χ1n) is 7.51. The van der Waals surface area contributed by atoms with Crippen LogP contribution in [0.15, 0.2) is 47.4 Å². The van der Waals surface area contributed by atoms with Crippen LogP contribution in [0.25, 0.3) is 0 Å². The normalized spacial score (nSPS) is 12.8. The van der Waals surface area contributed by atoms with Crippen LogP contribution in [-0.4, -0.2) is 63.9 Å². The van der Waals surface area contributed by atoms with Gasteiger partial charge in [-0.1, -0.05) is 0 Å². The Balaban J connectivity index is 0.00000480. The molecule has 162 valence electrons. The molecular formula is C13H12N4NaO11PS. The van der Waals surface area contributed by atoms with Crippen LogP contribution in [-0.2, 0) is 14.6 Å². The maximum absolute atomic E-state index is 12.3. The van der Waals surface area contributed by atoms with Gasteiger partial charge in [-0.15, -0.1) is 0 Å². The van der Waals surface area contributed by atoms with Crippen LogP contribution in [0.4, 0.5) is 17.1 Å². The third-order valence-corrected chi connectivity index (χ3v) is 6.11. The third kappa shape index (κ3) is 7.03. The molecule has 1 unspecified atom stereocenters. The Morgan fingerprint density at radius 1 is 0.935 bits per heavy atom. The van der Waals surface area contributed by atoms with Crippen LogP contribution >= 0.6 is 7.60 Å². The summed E-state index contributed by atoms with van der Waals surface area (Å²) in [5.74, 6) is -0.271. The van der Waals surface area contributed by atoms with E-state index in [-0.39, 0.29) is 41.0 Å². The molecule has 0 heterocycles. The van der Waals surface area contributed by atoms with Crippen LogP contribution in [0.5, 0.6) is 5.75 Å². The van der Waals surface area contributed by atoms with Crippen molar-refractivity contribution in [2.45, 2.75) is 4.90 Å². The predicted molar refractivity (Wildman–Crippen MR) is 106 cm³/mol. The van der Waals surface area contributed by atoms with E-state index in [9.17, 15) is 48.2 Å². The van der Waals surface area contributed by atoms with E-state index in [0.717, 1.165) is 24.3 Å². The molecule has 0 amide bonds. The number of nitro groups is 3. The van der Waals surface area contributed by atoms with E-state index in [0.29, 0.717) is 18.2 Å². The van der Waals surface area contributed by atoms with E-state index in [1.807, 2.05) is 0 Å². The Morgan fingerprint density at radius 2 is 1.45 bits per heavy atom. The number of nitro benzene ring substituents is 3. The van der Waals surface area contributed by atoms with Crippen molar-refractivity contribution in [3.8, 4) is 5.75 Å². The van der Waals surface area contributed by atoms with Crippen molar-refractivity contribution in [3.63, 3.8) is 0 Å². The number of nitrogens with zero attached hydrogens (tertiary/aromatic N) is 3. The second-order valence-electron chi connectivity index (χ2n) is 5.45. The molecule has 0 aromatic heterocycles. The monoisotopic (exact) mass is 486 g/mol. The maximum atomic E-state index is 12.3. The van der Waals surface area contributed by atoms with E-state index in [4.69, 9.17) is 4.52 Å². The van der Waals surface area contributed by atoms with E-state index in [1.165, 1.54) is 0 Å². The molecule has 0 aliphatic rings. The van der Waals surface area contributed by atoms with Crippen molar-refractivity contribution in [2.75, 3.05) is 6.29 Å². The summed E-state index contributed by atoms with van der Waals surface area (Å²) in [5.41, 5.74) is -2.16. The van der Waals surface area contributed by atoms with Crippen molar-refractivity contribution < 1.29 is 37.2 Å². The number of sulfonamides is 1. The Kier molecular flexibility index (Phi) is 8.77. The first-order valence-corrected chi connectivity index (χ1v) is 10.8. The Bertz CT molecular complexity index is 1170. The summed E-state index contributed by atoms with van der Waals surface area (Å²) in [6, 6.07) is 5.75. The molecule has 0 spiro atoms. The SMILES string of the molecule is O=[N+]([O-])c1ccc(OP(=O)(O)CNS(=O)(=O)c2ccc([N+](=O)[O-])cc2[N+](=O)[O-])cc1.[NaH]. The number of hydrogen-bond acceptors (Lipinski definition) is 10. The van der Waals surface area contributed by atoms with Crippen molar-refractivity contribution in [3.05, 3.63) is 72.8 Å². The van der Waals surface area contributed by atoms with Crippen LogP contribution < -0.4 is 9.25 Å². The summed E-state index contributed by atoms with van der Waals surface area (Å²) in [5, 5.41) is 32.4. The topological polar surface area (TPSA) is 222 Å². The van der Waals surface area contributed by atoms with Gasteiger partial charge in [0.25, 0.3) is 17.1 Å². The molecule has 1 atom stereocenters. The molecule has 0 saturated heterocycles. The van der Waals surface area contributed by atoms with Crippen LogP contribution in [0.3, 0.4) is 0 Å². The van der Waals surface area contributed by atoms with E-state index >= 15 is 0 Å². The van der Waals surface area contributed by atoms with Crippen molar-refractivity contribution in [1.82, 2.24) is 4.72 Å². The minimum absolute atomic E-state index is 0. The Morgan fingerprint density at radius 3 is 1.94 bits per heavy atom. The zero-order chi connectivity index (χ0) is 22.7. The summed E-state index contributed by atoms with van der Waals surface area (Å²) in [7, 11) is -9.41. The number of nitrogens with one attached hydrogen (secondary N) is 1. The van der Waals surface area contributed by atoms with E-state index < -0.39 is 54.9 Å². The second kappa shape index (κ2) is 10.2. The number of benzene rings is 2. The molecule has 31 heavy (non-hydrogen) atoms. The predicted octanol–water partition coefficient (Wildman–Crippen LogP) is 1.26. The minimum atomic E-state index is -4.74. The Hall–Kier alpha value is -2.46. The van der Waals surface area contributed by atoms with Crippen LogP contribution in [0.2, 0.25) is 0 Å². The standard InChI is InChI=1S/C13H11N4O11PS.Na.H/c18-15(19)9-1-4-11(5-2-9)28-29(24,25)8-14-30(26,27)13-6-3-10(16(20)21)7-12(13)17(22)23;;/h1-7,14H,8H2,(H,24,25);;. The zero-order valence-corrected chi connectivity index (χ0v) is 16.2. The molecule has 2 aromatic rings. The Labute approximate surface area is 195 Å². The van der Waals surface area contributed by atoms with E-state index in [2.05, 4.69) is 0 Å². The van der Waals surface area contributed by atoms with Gasteiger partial charge in [0.2, 0.25) is 10.0 Å². The molecular weight excluding hydrogens is 474 g/mol. The van der Waals surface area contributed by atoms with Crippen molar-refractivity contribution in [1.29, 1.82) is 0 Å². The first-order chi connectivity index (χ1) is 13.8. The van der Waals surface area contributed by atoms with Gasteiger partial charge in [0.15, 0.2) is 4.90 Å². The average Bonchev–Trinajstić information content (AvgIpc) is 2.66. The number of non-ortho nitro benzene ring substituents is 2. The quantitative estimate of drug-likeness (QED) is 0.222. The first kappa shape index (κ1) is 26.6. The van der Waals surface area contributed by atoms with Gasteiger partial charge in [-0.05, 0) is 18.2 Å². The fourth-order valence-corrected chi connectivity index (χ4v) is 4.72. The van der Waals surface area contributed by atoms with Crippen molar-refractivity contribution >= 4 is 64.2 Å². The van der Waals surface area contributed by atoms with Gasteiger partial charge in [-0.25, -0.2) is 13.0 Å². The molecule has 0 radical (unpaired) electrons. The average molecular weight is 486 g/mol. The molecule has 0 bridgehead atoms.